The zero-order valence-electron chi connectivity index (χ0n) is 10.4. The van der Waals surface area contributed by atoms with Crippen molar-refractivity contribution in [1.29, 1.82) is 0 Å². The standard InChI is InChI=1S/C9H19N.Mg.2H/c1-8-6-5-7-10(4)9(8,2)3;;;/h8H,5-7H2,1-4H3;;;/q;+2;2*-1. The topological polar surface area (TPSA) is 3.24 Å². The van der Waals surface area contributed by atoms with E-state index in [0.29, 0.717) is 5.54 Å². The van der Waals surface area contributed by atoms with E-state index in [1.165, 1.54) is 19.4 Å². The molecule has 0 bridgehead atoms. The molecule has 0 amide bonds. The summed E-state index contributed by atoms with van der Waals surface area (Å²) in [7, 11) is 2.23. The quantitative estimate of drug-likeness (QED) is 0.499. The van der Waals surface area contributed by atoms with Gasteiger partial charge in [0.1, 0.15) is 0 Å². The van der Waals surface area contributed by atoms with Gasteiger partial charge in [0, 0.05) is 5.54 Å². The molecule has 1 unspecified atom stereocenters. The van der Waals surface area contributed by atoms with Gasteiger partial charge >= 0.3 is 23.1 Å². The Balaban J connectivity index is -0.000000333. The molecule has 2 heteroatoms. The minimum absolute atomic E-state index is 0. The molecule has 0 saturated carbocycles. The monoisotopic (exact) mass is 167 g/mol. The van der Waals surface area contributed by atoms with Crippen molar-refractivity contribution in [2.75, 3.05) is 13.6 Å². The summed E-state index contributed by atoms with van der Waals surface area (Å²) < 4.78 is 0. The number of rotatable bonds is 0. The Morgan fingerprint density at radius 3 is 2.36 bits per heavy atom. The van der Waals surface area contributed by atoms with Gasteiger partial charge < -0.3 is 7.75 Å². The maximum atomic E-state index is 2.47. The summed E-state index contributed by atoms with van der Waals surface area (Å²) in [5, 5.41) is 0. The van der Waals surface area contributed by atoms with Gasteiger partial charge in [-0.25, -0.2) is 0 Å². The van der Waals surface area contributed by atoms with Crippen LogP contribution in [0, 0.1) is 5.92 Å². The summed E-state index contributed by atoms with van der Waals surface area (Å²) in [6, 6.07) is 0. The molecule has 1 atom stereocenters. The Bertz CT molecular complexity index is 119. The van der Waals surface area contributed by atoms with E-state index in [0.717, 1.165) is 5.92 Å². The van der Waals surface area contributed by atoms with Gasteiger partial charge in [-0.2, -0.15) is 0 Å². The van der Waals surface area contributed by atoms with E-state index in [4.69, 9.17) is 0 Å². The first-order chi connectivity index (χ1) is 4.55. The fraction of sp³-hybridized carbons (Fsp3) is 1.00. The molecule has 0 aromatic carbocycles. The van der Waals surface area contributed by atoms with Crippen LogP contribution in [-0.4, -0.2) is 47.1 Å². The average molecular weight is 168 g/mol. The van der Waals surface area contributed by atoms with Crippen molar-refractivity contribution >= 4 is 23.1 Å². The molecule has 0 aromatic rings. The largest absolute Gasteiger partial charge is 2.00 e. The summed E-state index contributed by atoms with van der Waals surface area (Å²) in [6.07, 6.45) is 2.78. The molecule has 11 heavy (non-hydrogen) atoms. The van der Waals surface area contributed by atoms with E-state index in [1.807, 2.05) is 0 Å². The molecule has 1 nitrogen and oxygen atoms in total. The first-order valence-corrected chi connectivity index (χ1v) is 4.26. The first-order valence-electron chi connectivity index (χ1n) is 4.26. The zero-order valence-corrected chi connectivity index (χ0v) is 9.77. The van der Waals surface area contributed by atoms with Gasteiger partial charge in [0.05, 0.1) is 0 Å². The fourth-order valence-corrected chi connectivity index (χ4v) is 1.65. The Morgan fingerprint density at radius 2 is 2.00 bits per heavy atom. The van der Waals surface area contributed by atoms with Crippen LogP contribution < -0.4 is 0 Å². The summed E-state index contributed by atoms with van der Waals surface area (Å²) in [5.74, 6) is 0.853. The second-order valence-corrected chi connectivity index (χ2v) is 4.12. The van der Waals surface area contributed by atoms with Crippen LogP contribution in [0.2, 0.25) is 0 Å². The molecule has 1 fully saturated rings. The molecule has 0 aliphatic carbocycles. The molecule has 1 aliphatic heterocycles. The maximum Gasteiger partial charge on any atom is 2.00 e. The Labute approximate surface area is 89.7 Å². The van der Waals surface area contributed by atoms with E-state index >= 15 is 0 Å². The van der Waals surface area contributed by atoms with Crippen LogP contribution in [-0.2, 0) is 0 Å². The van der Waals surface area contributed by atoms with E-state index in [2.05, 4.69) is 32.7 Å². The SMILES string of the molecule is CC1CCCN(C)C1(C)C.[H-].[H-].[Mg+2]. The van der Waals surface area contributed by atoms with E-state index < -0.39 is 0 Å². The van der Waals surface area contributed by atoms with Crippen molar-refractivity contribution in [1.82, 2.24) is 4.90 Å². The number of likely N-dealkylation sites (tertiary alicyclic amines) is 1. The molecular weight excluding hydrogens is 146 g/mol. The number of hydrogen-bond donors (Lipinski definition) is 0. The minimum atomic E-state index is 0. The van der Waals surface area contributed by atoms with Crippen LogP contribution in [0.3, 0.4) is 0 Å². The second-order valence-electron chi connectivity index (χ2n) is 4.12. The van der Waals surface area contributed by atoms with Crippen molar-refractivity contribution in [3.8, 4) is 0 Å². The van der Waals surface area contributed by atoms with Crippen molar-refractivity contribution < 1.29 is 2.85 Å². The first kappa shape index (κ1) is 11.7. The van der Waals surface area contributed by atoms with Crippen molar-refractivity contribution in [3.05, 3.63) is 0 Å². The third-order valence-electron chi connectivity index (χ3n) is 3.32. The molecule has 0 radical (unpaired) electrons. The molecule has 0 spiro atoms. The van der Waals surface area contributed by atoms with Gasteiger partial charge in [-0.1, -0.05) is 6.92 Å². The molecule has 64 valence electrons. The van der Waals surface area contributed by atoms with E-state index in [9.17, 15) is 0 Å². The number of piperidine rings is 1. The van der Waals surface area contributed by atoms with Crippen LogP contribution in [0.1, 0.15) is 36.5 Å². The van der Waals surface area contributed by atoms with Gasteiger partial charge in [0.2, 0.25) is 0 Å². The summed E-state index contributed by atoms with van der Waals surface area (Å²) in [6.45, 7) is 8.32. The number of nitrogens with zero attached hydrogens (tertiary/aromatic N) is 1. The second kappa shape index (κ2) is 4.10. The molecule has 1 heterocycles. The molecule has 0 N–H and O–H groups in total. The molecule has 1 saturated heterocycles. The van der Waals surface area contributed by atoms with Crippen LogP contribution in [0.4, 0.5) is 0 Å². The minimum Gasteiger partial charge on any atom is -1.00 e. The predicted molar refractivity (Wildman–Crippen MR) is 53.1 cm³/mol. The van der Waals surface area contributed by atoms with Crippen LogP contribution in [0.5, 0.6) is 0 Å². The zero-order chi connectivity index (χ0) is 7.78. The van der Waals surface area contributed by atoms with Gasteiger partial charge in [-0.15, -0.1) is 0 Å². The molecular formula is C9H21MgN. The van der Waals surface area contributed by atoms with Gasteiger partial charge in [0.15, 0.2) is 0 Å². The molecule has 1 aliphatic rings. The van der Waals surface area contributed by atoms with Gasteiger partial charge in [0.25, 0.3) is 0 Å². The Morgan fingerprint density at radius 1 is 1.45 bits per heavy atom. The van der Waals surface area contributed by atoms with Gasteiger partial charge in [-0.05, 0) is 46.2 Å². The normalized spacial score (nSPS) is 31.1. The summed E-state index contributed by atoms with van der Waals surface area (Å²) in [4.78, 5) is 2.47. The van der Waals surface area contributed by atoms with E-state index in [-0.39, 0.29) is 25.9 Å². The molecule has 0 aromatic heterocycles. The third-order valence-corrected chi connectivity index (χ3v) is 3.32. The third kappa shape index (κ3) is 2.33. The van der Waals surface area contributed by atoms with Crippen molar-refractivity contribution in [3.63, 3.8) is 0 Å². The fourth-order valence-electron chi connectivity index (χ4n) is 1.65. The van der Waals surface area contributed by atoms with Crippen molar-refractivity contribution in [2.24, 2.45) is 5.92 Å². The van der Waals surface area contributed by atoms with Gasteiger partial charge in [-0.3, -0.25) is 0 Å². The van der Waals surface area contributed by atoms with Crippen LogP contribution in [0.15, 0.2) is 0 Å². The van der Waals surface area contributed by atoms with Crippen molar-refractivity contribution in [2.45, 2.75) is 39.2 Å². The average Bonchev–Trinajstić information content (AvgIpc) is 1.84. The predicted octanol–water partition coefficient (Wildman–Crippen LogP) is 1.97. The Hall–Kier alpha value is 0.726. The summed E-state index contributed by atoms with van der Waals surface area (Å²) >= 11 is 0. The van der Waals surface area contributed by atoms with Crippen LogP contribution in [0.25, 0.3) is 0 Å². The number of hydrogen-bond acceptors (Lipinski definition) is 1. The Kier molecular flexibility index (Phi) is 4.37. The van der Waals surface area contributed by atoms with Crippen LogP contribution >= 0.6 is 0 Å². The molecule has 1 rings (SSSR count). The smallest absolute Gasteiger partial charge is 1.00 e. The maximum absolute atomic E-state index is 2.47. The summed E-state index contributed by atoms with van der Waals surface area (Å²) in [5.41, 5.74) is 0.429. The van der Waals surface area contributed by atoms with E-state index in [1.54, 1.807) is 0 Å².